The number of carbonyl (C=O) groups is 2. The van der Waals surface area contributed by atoms with Gasteiger partial charge in [0.05, 0.1) is 13.1 Å². The number of likely N-dealkylation sites (tertiary alicyclic amines) is 1. The molecule has 7 heteroatoms. The molecule has 0 aromatic heterocycles. The highest BCUT2D eigenvalue weighted by molar-refractivity contribution is 5.79. The fourth-order valence-electron chi connectivity index (χ4n) is 3.68. The predicted molar refractivity (Wildman–Crippen MR) is 91.1 cm³/mol. The summed E-state index contributed by atoms with van der Waals surface area (Å²) in [6.45, 7) is 0.666. The molecule has 6 nitrogen and oxygen atoms in total. The van der Waals surface area contributed by atoms with Gasteiger partial charge in [0.15, 0.2) is 0 Å². The molecule has 0 unspecified atom stereocenters. The monoisotopic (exact) mass is 362 g/mol. The molecule has 0 radical (unpaired) electrons. The molecular formula is C19H23FN2O4. The Balaban J connectivity index is 1.34. The van der Waals surface area contributed by atoms with Crippen LogP contribution in [-0.4, -0.2) is 65.9 Å². The van der Waals surface area contributed by atoms with Crippen LogP contribution in [-0.2, 0) is 20.9 Å². The van der Waals surface area contributed by atoms with Gasteiger partial charge in [-0.3, -0.25) is 4.79 Å². The molecule has 26 heavy (non-hydrogen) atoms. The Bertz CT molecular complexity index is 681. The first kappa shape index (κ1) is 17.3. The van der Waals surface area contributed by atoms with Crippen LogP contribution < -0.4 is 0 Å². The van der Waals surface area contributed by atoms with E-state index in [4.69, 9.17) is 9.47 Å². The van der Waals surface area contributed by atoms with Gasteiger partial charge < -0.3 is 19.3 Å². The van der Waals surface area contributed by atoms with Crippen molar-refractivity contribution in [3.8, 4) is 0 Å². The highest BCUT2D eigenvalue weighted by Crippen LogP contribution is 2.37. The van der Waals surface area contributed by atoms with Crippen LogP contribution in [0.4, 0.5) is 9.18 Å². The van der Waals surface area contributed by atoms with Crippen LogP contribution in [0.3, 0.4) is 0 Å². The van der Waals surface area contributed by atoms with E-state index in [0.29, 0.717) is 13.0 Å². The topological polar surface area (TPSA) is 59.1 Å². The average molecular weight is 362 g/mol. The van der Waals surface area contributed by atoms with E-state index in [-0.39, 0.29) is 38.3 Å². The van der Waals surface area contributed by atoms with Gasteiger partial charge in [0, 0.05) is 12.6 Å². The molecule has 2 atom stereocenters. The number of hydrogen-bond donors (Lipinski definition) is 0. The van der Waals surface area contributed by atoms with Crippen molar-refractivity contribution in [2.75, 3.05) is 26.2 Å². The Labute approximate surface area is 151 Å². The second kappa shape index (κ2) is 6.87. The van der Waals surface area contributed by atoms with Gasteiger partial charge in [-0.05, 0) is 24.8 Å². The molecule has 1 saturated carbocycles. The predicted octanol–water partition coefficient (Wildman–Crippen LogP) is 2.13. The normalized spacial score (nSPS) is 29.1. The number of benzene rings is 1. The van der Waals surface area contributed by atoms with E-state index < -0.39 is 17.9 Å². The number of ether oxygens (including phenoxy) is 2. The number of nitrogens with zero attached hydrogens (tertiary/aromatic N) is 2. The van der Waals surface area contributed by atoms with Gasteiger partial charge in [-0.15, -0.1) is 0 Å². The van der Waals surface area contributed by atoms with Gasteiger partial charge in [0.25, 0.3) is 0 Å². The van der Waals surface area contributed by atoms with Crippen molar-refractivity contribution in [3.05, 3.63) is 35.9 Å². The van der Waals surface area contributed by atoms with E-state index in [0.717, 1.165) is 18.4 Å². The molecule has 0 N–H and O–H groups in total. The van der Waals surface area contributed by atoms with Crippen LogP contribution in [0.25, 0.3) is 0 Å². The summed E-state index contributed by atoms with van der Waals surface area (Å²) in [5, 5.41) is 0. The van der Waals surface area contributed by atoms with E-state index in [1.54, 1.807) is 4.90 Å². The number of hydrogen-bond acceptors (Lipinski definition) is 4. The number of carbonyl (C=O) groups excluding carboxylic acids is 2. The Hall–Kier alpha value is -2.15. The van der Waals surface area contributed by atoms with Crippen molar-refractivity contribution in [1.82, 2.24) is 9.80 Å². The van der Waals surface area contributed by atoms with Crippen LogP contribution in [0, 0.1) is 0 Å². The van der Waals surface area contributed by atoms with Crippen molar-refractivity contribution < 1.29 is 23.5 Å². The third-order valence-electron chi connectivity index (χ3n) is 5.45. The fraction of sp³-hybridized carbons (Fsp3) is 0.579. The Morgan fingerprint density at radius 1 is 1.31 bits per heavy atom. The first-order chi connectivity index (χ1) is 12.6. The lowest BCUT2D eigenvalue weighted by molar-refractivity contribution is -0.187. The molecule has 2 saturated heterocycles. The molecule has 3 fully saturated rings. The van der Waals surface area contributed by atoms with E-state index in [1.807, 2.05) is 30.3 Å². The summed E-state index contributed by atoms with van der Waals surface area (Å²) in [7, 11) is 0. The van der Waals surface area contributed by atoms with E-state index in [1.165, 1.54) is 4.90 Å². The smallest absolute Gasteiger partial charge is 0.410 e. The number of alkyl halides is 1. The Kier molecular flexibility index (Phi) is 4.56. The molecule has 2 aliphatic heterocycles. The van der Waals surface area contributed by atoms with Gasteiger partial charge >= 0.3 is 6.09 Å². The number of halogens is 1. The highest BCUT2D eigenvalue weighted by atomic mass is 19.1. The molecule has 1 aliphatic carbocycles. The molecule has 4 rings (SSSR count). The van der Waals surface area contributed by atoms with Crippen molar-refractivity contribution in [2.45, 2.75) is 43.7 Å². The van der Waals surface area contributed by atoms with Gasteiger partial charge in [0.2, 0.25) is 5.91 Å². The van der Waals surface area contributed by atoms with Crippen molar-refractivity contribution in [3.63, 3.8) is 0 Å². The third kappa shape index (κ3) is 3.40. The van der Waals surface area contributed by atoms with Crippen LogP contribution in [0.15, 0.2) is 30.3 Å². The maximum Gasteiger partial charge on any atom is 0.410 e. The molecule has 1 aromatic carbocycles. The first-order valence-electron chi connectivity index (χ1n) is 9.10. The van der Waals surface area contributed by atoms with Gasteiger partial charge in [-0.1, -0.05) is 30.3 Å². The average Bonchev–Trinajstić information content (AvgIpc) is 3.50. The number of rotatable bonds is 3. The first-order valence-corrected chi connectivity index (χ1v) is 9.10. The lowest BCUT2D eigenvalue weighted by Crippen LogP contribution is -2.65. The second-order valence-electron chi connectivity index (χ2n) is 7.31. The van der Waals surface area contributed by atoms with Crippen molar-refractivity contribution in [2.24, 2.45) is 0 Å². The summed E-state index contributed by atoms with van der Waals surface area (Å²) in [4.78, 5) is 27.4. The molecule has 140 valence electrons. The number of amides is 2. The maximum absolute atomic E-state index is 15.0. The summed E-state index contributed by atoms with van der Waals surface area (Å²) >= 11 is 0. The summed E-state index contributed by atoms with van der Waals surface area (Å²) < 4.78 is 25.9. The molecule has 2 amide bonds. The number of piperidine rings is 1. The van der Waals surface area contributed by atoms with Gasteiger partial charge in [0.1, 0.15) is 25.0 Å². The SMILES string of the molecule is O=C(OCc1ccccc1)N1CC[C@]2(CN(C3CC3)C(=O)CO2)[C@@H](F)C1. The number of morpholine rings is 1. The zero-order chi connectivity index (χ0) is 18.1. The van der Waals surface area contributed by atoms with Crippen LogP contribution >= 0.6 is 0 Å². The van der Waals surface area contributed by atoms with E-state index in [2.05, 4.69) is 0 Å². The lowest BCUT2D eigenvalue weighted by atomic mass is 9.87. The van der Waals surface area contributed by atoms with Crippen LogP contribution in [0.5, 0.6) is 0 Å². The molecule has 1 aromatic rings. The van der Waals surface area contributed by atoms with Gasteiger partial charge in [-0.25, -0.2) is 9.18 Å². The highest BCUT2D eigenvalue weighted by Gasteiger charge is 2.52. The molecule has 3 aliphatic rings. The maximum atomic E-state index is 15.0. The fourth-order valence-corrected chi connectivity index (χ4v) is 3.68. The zero-order valence-corrected chi connectivity index (χ0v) is 14.6. The summed E-state index contributed by atoms with van der Waals surface area (Å²) in [5.41, 5.74) is -0.104. The molecule has 1 spiro atoms. The molecule has 2 heterocycles. The minimum Gasteiger partial charge on any atom is -0.445 e. The summed E-state index contributed by atoms with van der Waals surface area (Å²) in [5.74, 6) is -0.0602. The molecule has 0 bridgehead atoms. The largest absolute Gasteiger partial charge is 0.445 e. The van der Waals surface area contributed by atoms with Crippen molar-refractivity contribution >= 4 is 12.0 Å². The van der Waals surface area contributed by atoms with Crippen LogP contribution in [0.1, 0.15) is 24.8 Å². The Morgan fingerprint density at radius 2 is 2.08 bits per heavy atom. The quantitative estimate of drug-likeness (QED) is 0.827. The summed E-state index contributed by atoms with van der Waals surface area (Å²) in [6.07, 6.45) is 0.477. The van der Waals surface area contributed by atoms with E-state index >= 15 is 0 Å². The zero-order valence-electron chi connectivity index (χ0n) is 14.6. The van der Waals surface area contributed by atoms with Gasteiger partial charge in [-0.2, -0.15) is 0 Å². The standard InChI is InChI=1S/C19H23FN2O4/c20-16-10-21(18(24)25-11-14-4-2-1-3-5-14)9-8-19(16)13-22(15-6-7-15)17(23)12-26-19/h1-5,15-16H,6-13H2/t16-,19-/m0/s1. The molecular weight excluding hydrogens is 339 g/mol. The van der Waals surface area contributed by atoms with E-state index in [9.17, 15) is 14.0 Å². The third-order valence-corrected chi connectivity index (χ3v) is 5.45. The second-order valence-corrected chi connectivity index (χ2v) is 7.31. The minimum absolute atomic E-state index is 0.0602. The minimum atomic E-state index is -1.34. The van der Waals surface area contributed by atoms with Crippen LogP contribution in [0.2, 0.25) is 0 Å². The summed E-state index contributed by atoms with van der Waals surface area (Å²) in [6, 6.07) is 9.62. The van der Waals surface area contributed by atoms with Crippen molar-refractivity contribution in [1.29, 1.82) is 0 Å². The Morgan fingerprint density at radius 3 is 2.77 bits per heavy atom. The lowest BCUT2D eigenvalue weighted by Gasteiger charge is -2.48.